The molecule has 1 N–H and O–H groups in total. The van der Waals surface area contributed by atoms with E-state index >= 15 is 4.39 Å². The van der Waals surface area contributed by atoms with Crippen molar-refractivity contribution in [1.82, 2.24) is 24.5 Å². The van der Waals surface area contributed by atoms with E-state index in [1.54, 1.807) is 28.9 Å². The molecule has 3 aliphatic rings. The summed E-state index contributed by atoms with van der Waals surface area (Å²) < 4.78 is 28.7. The second-order valence-corrected chi connectivity index (χ2v) is 11.7. The molecule has 0 bridgehead atoms. The molecule has 3 aromatic heterocycles. The number of anilines is 3. The summed E-state index contributed by atoms with van der Waals surface area (Å²) in [5, 5.41) is 7.52. The Morgan fingerprint density at radius 2 is 1.88 bits per heavy atom. The minimum absolute atomic E-state index is 0.0437. The lowest BCUT2D eigenvalue weighted by Gasteiger charge is -2.52. The van der Waals surface area contributed by atoms with Gasteiger partial charge in [0.15, 0.2) is 5.82 Å². The van der Waals surface area contributed by atoms with Crippen LogP contribution in [0.15, 0.2) is 67.8 Å². The van der Waals surface area contributed by atoms with Crippen LogP contribution in [0.2, 0.25) is 0 Å². The number of fused-ring (bicyclic) bond motifs is 1. The fourth-order valence-corrected chi connectivity index (χ4v) is 6.55. The molecular formula is C32H34FN7O3. The zero-order chi connectivity index (χ0) is 29.4. The van der Waals surface area contributed by atoms with E-state index in [9.17, 15) is 4.79 Å². The van der Waals surface area contributed by atoms with Crippen molar-refractivity contribution in [3.05, 3.63) is 79.2 Å². The predicted octanol–water partition coefficient (Wildman–Crippen LogP) is 5.31. The Hall–Kier alpha value is -4.51. The van der Waals surface area contributed by atoms with E-state index in [4.69, 9.17) is 9.47 Å². The lowest BCUT2D eigenvalue weighted by atomic mass is 9.73. The highest BCUT2D eigenvalue weighted by Gasteiger charge is 2.44. The second-order valence-electron chi connectivity index (χ2n) is 11.7. The monoisotopic (exact) mass is 583 g/mol. The Kier molecular flexibility index (Phi) is 7.18. The molecule has 1 amide bonds. The minimum Gasteiger partial charge on any atom is -0.457 e. The summed E-state index contributed by atoms with van der Waals surface area (Å²) >= 11 is 0. The molecule has 0 aliphatic carbocycles. The summed E-state index contributed by atoms with van der Waals surface area (Å²) in [5.41, 5.74) is 2.49. The number of aromatic nitrogens is 4. The van der Waals surface area contributed by atoms with Gasteiger partial charge in [0, 0.05) is 69.3 Å². The SMILES string of the molecule is C=CC(=O)N1CCC(c2ccn3ncnc(Nc4ccc(Oc5ccnc(N6CC7(CCOCC7)C6)c5)cc4F)c23)CC1. The molecule has 4 aromatic rings. The van der Waals surface area contributed by atoms with Gasteiger partial charge >= 0.3 is 0 Å². The van der Waals surface area contributed by atoms with Crippen molar-refractivity contribution < 1.29 is 18.7 Å². The van der Waals surface area contributed by atoms with Gasteiger partial charge in [-0.2, -0.15) is 5.10 Å². The first kappa shape index (κ1) is 27.3. The zero-order valence-corrected chi connectivity index (χ0v) is 23.9. The van der Waals surface area contributed by atoms with Gasteiger partial charge in [-0.05, 0) is 67.5 Å². The van der Waals surface area contributed by atoms with Crippen molar-refractivity contribution in [3.63, 3.8) is 0 Å². The van der Waals surface area contributed by atoms with Crippen molar-refractivity contribution >= 4 is 28.7 Å². The van der Waals surface area contributed by atoms with Crippen molar-refractivity contribution in [2.45, 2.75) is 31.6 Å². The molecule has 0 unspecified atom stereocenters. The average Bonchev–Trinajstić information content (AvgIpc) is 3.47. The highest BCUT2D eigenvalue weighted by molar-refractivity contribution is 5.87. The molecule has 0 atom stereocenters. The molecule has 222 valence electrons. The topological polar surface area (TPSA) is 97.1 Å². The third kappa shape index (κ3) is 5.40. The Bertz CT molecular complexity index is 1650. The highest BCUT2D eigenvalue weighted by Crippen LogP contribution is 2.42. The molecule has 7 rings (SSSR count). The maximum absolute atomic E-state index is 15.4. The highest BCUT2D eigenvalue weighted by atomic mass is 19.1. The number of nitrogens with zero attached hydrogens (tertiary/aromatic N) is 6. The number of hydrogen-bond donors (Lipinski definition) is 1. The normalized spacial score (nSPS) is 18.4. The smallest absolute Gasteiger partial charge is 0.245 e. The number of rotatable bonds is 7. The van der Waals surface area contributed by atoms with Crippen molar-refractivity contribution in [2.75, 3.05) is 49.6 Å². The molecule has 0 saturated carbocycles. The van der Waals surface area contributed by atoms with Crippen LogP contribution in [-0.2, 0) is 9.53 Å². The molecule has 1 aromatic carbocycles. The average molecular weight is 584 g/mol. The van der Waals surface area contributed by atoms with Crippen LogP contribution in [-0.4, -0.2) is 69.8 Å². The fraction of sp³-hybridized carbons (Fsp3) is 0.375. The van der Waals surface area contributed by atoms with Crippen LogP contribution in [0.4, 0.5) is 21.7 Å². The van der Waals surface area contributed by atoms with Gasteiger partial charge in [-0.25, -0.2) is 18.9 Å². The number of benzene rings is 1. The molecule has 3 saturated heterocycles. The Morgan fingerprint density at radius 1 is 1.09 bits per heavy atom. The third-order valence-corrected chi connectivity index (χ3v) is 8.98. The number of piperidine rings is 1. The number of hydrogen-bond acceptors (Lipinski definition) is 8. The number of nitrogens with one attached hydrogen (secondary N) is 1. The predicted molar refractivity (Wildman–Crippen MR) is 160 cm³/mol. The maximum Gasteiger partial charge on any atom is 0.245 e. The standard InChI is InChI=1S/C32H34FN7O3/c1-2-29(41)38-12-6-22(7-13-38)25-8-14-40-30(25)31(35-21-36-40)37-27-4-3-23(17-26(27)33)43-24-5-11-34-28(18-24)39-19-32(20-39)9-15-42-16-10-32/h2-5,8,11,14,17-18,21-22H,1,6-7,9-10,12-13,15-16,19-20H2,(H,35,36,37). The van der Waals surface area contributed by atoms with E-state index in [0.717, 1.165) is 68.9 Å². The molecule has 3 fully saturated rings. The number of pyridine rings is 1. The summed E-state index contributed by atoms with van der Waals surface area (Å²) in [7, 11) is 0. The first-order chi connectivity index (χ1) is 21.0. The summed E-state index contributed by atoms with van der Waals surface area (Å²) in [5.74, 6) is 2.10. The summed E-state index contributed by atoms with van der Waals surface area (Å²) in [4.78, 5) is 25.1. The summed E-state index contributed by atoms with van der Waals surface area (Å²) in [6, 6.07) is 10.5. The van der Waals surface area contributed by atoms with Crippen LogP contribution in [0.3, 0.4) is 0 Å². The van der Waals surface area contributed by atoms with Gasteiger partial charge in [-0.15, -0.1) is 0 Å². The van der Waals surface area contributed by atoms with Gasteiger partial charge in [0.25, 0.3) is 0 Å². The van der Waals surface area contributed by atoms with Gasteiger partial charge in [0.1, 0.15) is 35.0 Å². The van der Waals surface area contributed by atoms with E-state index < -0.39 is 5.82 Å². The fourth-order valence-electron chi connectivity index (χ4n) is 6.55. The number of carbonyl (C=O) groups excluding carboxylic acids is 1. The van der Waals surface area contributed by atoms with Crippen LogP contribution in [0.5, 0.6) is 11.5 Å². The van der Waals surface area contributed by atoms with Gasteiger partial charge in [0.2, 0.25) is 5.91 Å². The molecule has 11 heteroatoms. The van der Waals surface area contributed by atoms with Gasteiger partial charge in [-0.3, -0.25) is 4.79 Å². The zero-order valence-electron chi connectivity index (χ0n) is 23.9. The van der Waals surface area contributed by atoms with E-state index in [2.05, 4.69) is 31.9 Å². The number of carbonyl (C=O) groups is 1. The number of ether oxygens (including phenoxy) is 2. The lowest BCUT2D eigenvalue weighted by Crippen LogP contribution is -2.58. The van der Waals surface area contributed by atoms with E-state index in [1.807, 2.05) is 23.2 Å². The maximum atomic E-state index is 15.4. The van der Waals surface area contributed by atoms with E-state index in [0.29, 0.717) is 35.8 Å². The van der Waals surface area contributed by atoms with Crippen LogP contribution in [0.1, 0.15) is 37.2 Å². The molecular weight excluding hydrogens is 549 g/mol. The second kappa shape index (κ2) is 11.3. The van der Waals surface area contributed by atoms with Crippen LogP contribution in [0.25, 0.3) is 5.52 Å². The van der Waals surface area contributed by atoms with Crippen molar-refractivity contribution in [3.8, 4) is 11.5 Å². The molecule has 0 radical (unpaired) electrons. The first-order valence-corrected chi connectivity index (χ1v) is 14.8. The lowest BCUT2D eigenvalue weighted by molar-refractivity contribution is -0.127. The van der Waals surface area contributed by atoms with Crippen LogP contribution in [0, 0.1) is 11.2 Å². The molecule has 10 nitrogen and oxygen atoms in total. The van der Waals surface area contributed by atoms with Crippen LogP contribution < -0.4 is 15.0 Å². The third-order valence-electron chi connectivity index (χ3n) is 8.98. The quantitative estimate of drug-likeness (QED) is 0.293. The summed E-state index contributed by atoms with van der Waals surface area (Å²) in [6.45, 7) is 8.50. The Balaban J connectivity index is 1.04. The van der Waals surface area contributed by atoms with Crippen LogP contribution >= 0.6 is 0 Å². The largest absolute Gasteiger partial charge is 0.457 e. The Labute approximate surface area is 249 Å². The van der Waals surface area contributed by atoms with Gasteiger partial charge < -0.3 is 24.6 Å². The molecule has 6 heterocycles. The van der Waals surface area contributed by atoms with Gasteiger partial charge in [0.05, 0.1) is 5.69 Å². The van der Waals surface area contributed by atoms with E-state index in [-0.39, 0.29) is 17.5 Å². The van der Waals surface area contributed by atoms with E-state index in [1.165, 1.54) is 18.5 Å². The molecule has 3 aliphatic heterocycles. The molecule has 43 heavy (non-hydrogen) atoms. The van der Waals surface area contributed by atoms with Gasteiger partial charge in [-0.1, -0.05) is 6.58 Å². The van der Waals surface area contributed by atoms with Crippen molar-refractivity contribution in [1.29, 1.82) is 0 Å². The first-order valence-electron chi connectivity index (χ1n) is 14.8. The minimum atomic E-state index is -0.461. The number of likely N-dealkylation sites (tertiary alicyclic amines) is 1. The number of halogens is 1. The Morgan fingerprint density at radius 3 is 2.65 bits per heavy atom. The number of amides is 1. The summed E-state index contributed by atoms with van der Waals surface area (Å²) in [6.07, 6.45) is 10.2. The molecule has 1 spiro atoms. The van der Waals surface area contributed by atoms with Crippen molar-refractivity contribution in [2.24, 2.45) is 5.41 Å².